The molecule has 6 heteroatoms. The molecule has 0 aliphatic carbocycles. The molecule has 1 aromatic carbocycles. The molecule has 0 spiro atoms. The highest BCUT2D eigenvalue weighted by atomic mass is 19.4. The van der Waals surface area contributed by atoms with Gasteiger partial charge in [-0.05, 0) is 17.7 Å². The van der Waals surface area contributed by atoms with Gasteiger partial charge in [0, 0.05) is 0 Å². The largest absolute Gasteiger partial charge is 0.573 e. The van der Waals surface area contributed by atoms with Crippen molar-refractivity contribution >= 4 is 0 Å². The van der Waals surface area contributed by atoms with Gasteiger partial charge in [-0.1, -0.05) is 12.1 Å². The number of rotatable bonds is 2. The Morgan fingerprint density at radius 1 is 1.27 bits per heavy atom. The number of aliphatic hydroxyl groups is 1. The molecule has 0 heterocycles. The quantitative estimate of drug-likeness (QED) is 0.772. The predicted molar refractivity (Wildman–Crippen MR) is 43.7 cm³/mol. The van der Waals surface area contributed by atoms with Crippen LogP contribution in [0.1, 0.15) is 11.7 Å². The first-order chi connectivity index (χ1) is 6.92. The summed E-state index contributed by atoms with van der Waals surface area (Å²) in [6.45, 7) is 0. The number of nitrogens with zero attached hydrogens (tertiary/aromatic N) is 1. The lowest BCUT2D eigenvalue weighted by Gasteiger charge is -2.09. The molecular formula is C9H6F3NO2. The molecule has 15 heavy (non-hydrogen) atoms. The maximum atomic E-state index is 11.7. The number of hydrogen-bond donors (Lipinski definition) is 1. The third kappa shape index (κ3) is 3.48. The zero-order valence-electron chi connectivity index (χ0n) is 7.32. The van der Waals surface area contributed by atoms with Gasteiger partial charge < -0.3 is 9.84 Å². The maximum Gasteiger partial charge on any atom is 0.573 e. The number of aliphatic hydroxyl groups excluding tert-OH is 1. The molecule has 0 aliphatic rings. The van der Waals surface area contributed by atoms with Crippen LogP contribution in [0.25, 0.3) is 0 Å². The molecule has 0 bridgehead atoms. The van der Waals surface area contributed by atoms with Gasteiger partial charge >= 0.3 is 6.36 Å². The Hall–Kier alpha value is -1.74. The minimum absolute atomic E-state index is 0.215. The van der Waals surface area contributed by atoms with Crippen molar-refractivity contribution in [3.8, 4) is 11.8 Å². The summed E-state index contributed by atoms with van der Waals surface area (Å²) >= 11 is 0. The Morgan fingerprint density at radius 2 is 1.80 bits per heavy atom. The van der Waals surface area contributed by atoms with Crippen LogP contribution in [0.5, 0.6) is 5.75 Å². The molecule has 0 aromatic heterocycles. The summed E-state index contributed by atoms with van der Waals surface area (Å²) in [5, 5.41) is 17.4. The molecular weight excluding hydrogens is 211 g/mol. The lowest BCUT2D eigenvalue weighted by atomic mass is 10.1. The van der Waals surface area contributed by atoms with E-state index in [0.717, 1.165) is 12.1 Å². The van der Waals surface area contributed by atoms with E-state index in [9.17, 15) is 13.2 Å². The van der Waals surface area contributed by atoms with Crippen LogP contribution in [0, 0.1) is 11.3 Å². The highest BCUT2D eigenvalue weighted by molar-refractivity contribution is 5.30. The van der Waals surface area contributed by atoms with Crippen LogP contribution in [0.4, 0.5) is 13.2 Å². The van der Waals surface area contributed by atoms with Gasteiger partial charge in [0.2, 0.25) is 0 Å². The van der Waals surface area contributed by atoms with Gasteiger partial charge in [-0.3, -0.25) is 0 Å². The average molecular weight is 217 g/mol. The van der Waals surface area contributed by atoms with Crippen molar-refractivity contribution in [3.63, 3.8) is 0 Å². The maximum absolute atomic E-state index is 11.7. The summed E-state index contributed by atoms with van der Waals surface area (Å²) < 4.78 is 38.8. The van der Waals surface area contributed by atoms with Crippen molar-refractivity contribution in [1.29, 1.82) is 5.26 Å². The number of alkyl halides is 3. The number of ether oxygens (including phenoxy) is 1. The molecule has 0 saturated heterocycles. The number of nitriles is 1. The molecule has 0 radical (unpaired) electrons. The van der Waals surface area contributed by atoms with Gasteiger partial charge in [0.1, 0.15) is 5.75 Å². The molecule has 1 unspecified atom stereocenters. The average Bonchev–Trinajstić information content (AvgIpc) is 2.15. The third-order valence-electron chi connectivity index (χ3n) is 1.55. The fraction of sp³-hybridized carbons (Fsp3) is 0.222. The summed E-state index contributed by atoms with van der Waals surface area (Å²) in [6.07, 6.45) is -6.08. The van der Waals surface area contributed by atoms with Crippen molar-refractivity contribution in [2.45, 2.75) is 12.5 Å². The molecule has 1 aromatic rings. The molecule has 1 atom stereocenters. The van der Waals surface area contributed by atoms with Gasteiger partial charge in [-0.2, -0.15) is 5.26 Å². The lowest BCUT2D eigenvalue weighted by molar-refractivity contribution is -0.274. The molecule has 0 saturated carbocycles. The normalized spacial score (nSPS) is 13.0. The Balaban J connectivity index is 2.78. The second kappa shape index (κ2) is 4.19. The topological polar surface area (TPSA) is 53.2 Å². The zero-order valence-corrected chi connectivity index (χ0v) is 7.32. The van der Waals surface area contributed by atoms with Crippen molar-refractivity contribution < 1.29 is 23.0 Å². The predicted octanol–water partition coefficient (Wildman–Crippen LogP) is 2.14. The van der Waals surface area contributed by atoms with Crippen molar-refractivity contribution in [2.24, 2.45) is 0 Å². The van der Waals surface area contributed by atoms with Gasteiger partial charge in [-0.25, -0.2) is 0 Å². The first-order valence-corrected chi connectivity index (χ1v) is 3.86. The fourth-order valence-electron chi connectivity index (χ4n) is 0.926. The number of hydrogen-bond acceptors (Lipinski definition) is 3. The van der Waals surface area contributed by atoms with E-state index in [1.807, 2.05) is 0 Å². The summed E-state index contributed by atoms with van der Waals surface area (Å²) in [6, 6.07) is 5.98. The van der Waals surface area contributed by atoms with E-state index in [1.54, 1.807) is 6.07 Å². The van der Waals surface area contributed by atoms with Crippen molar-refractivity contribution in [1.82, 2.24) is 0 Å². The van der Waals surface area contributed by atoms with Gasteiger partial charge in [0.05, 0.1) is 6.07 Å². The van der Waals surface area contributed by atoms with E-state index >= 15 is 0 Å². The fourth-order valence-corrected chi connectivity index (χ4v) is 0.926. The molecule has 0 amide bonds. The highest BCUT2D eigenvalue weighted by Gasteiger charge is 2.30. The van der Waals surface area contributed by atoms with E-state index in [-0.39, 0.29) is 5.56 Å². The van der Waals surface area contributed by atoms with Gasteiger partial charge in [-0.15, -0.1) is 13.2 Å². The Labute approximate surface area is 83.3 Å². The monoisotopic (exact) mass is 217 g/mol. The summed E-state index contributed by atoms with van der Waals surface area (Å²) in [5.41, 5.74) is 0.215. The van der Waals surface area contributed by atoms with E-state index in [1.165, 1.54) is 12.1 Å². The molecule has 0 fully saturated rings. The smallest absolute Gasteiger partial charge is 0.406 e. The standard InChI is InChI=1S/C9H6F3NO2/c10-9(11,12)15-7-3-1-6(2-4-7)8(14)5-13/h1-4,8,14H. The summed E-state index contributed by atoms with van der Waals surface area (Å²) in [7, 11) is 0. The van der Waals surface area contributed by atoms with Crippen LogP contribution in [0.15, 0.2) is 24.3 Å². The summed E-state index contributed by atoms with van der Waals surface area (Å²) in [4.78, 5) is 0. The van der Waals surface area contributed by atoms with Crippen LogP contribution in [0.2, 0.25) is 0 Å². The number of benzene rings is 1. The first kappa shape index (κ1) is 11.3. The van der Waals surface area contributed by atoms with Gasteiger partial charge in [0.15, 0.2) is 6.10 Å². The van der Waals surface area contributed by atoms with Crippen LogP contribution in [-0.4, -0.2) is 11.5 Å². The van der Waals surface area contributed by atoms with E-state index < -0.39 is 18.2 Å². The second-order valence-electron chi connectivity index (χ2n) is 2.65. The van der Waals surface area contributed by atoms with Crippen LogP contribution in [0.3, 0.4) is 0 Å². The first-order valence-electron chi connectivity index (χ1n) is 3.86. The van der Waals surface area contributed by atoms with Crippen molar-refractivity contribution in [3.05, 3.63) is 29.8 Å². The van der Waals surface area contributed by atoms with Crippen LogP contribution in [-0.2, 0) is 0 Å². The minimum atomic E-state index is -4.74. The van der Waals surface area contributed by atoms with E-state index in [4.69, 9.17) is 10.4 Å². The third-order valence-corrected chi connectivity index (χ3v) is 1.55. The molecule has 1 N–H and O–H groups in total. The Kier molecular flexibility index (Phi) is 3.17. The molecule has 1 rings (SSSR count). The molecule has 80 valence electrons. The highest BCUT2D eigenvalue weighted by Crippen LogP contribution is 2.24. The Morgan fingerprint density at radius 3 is 2.20 bits per heavy atom. The zero-order chi connectivity index (χ0) is 11.5. The number of halogens is 3. The Bertz CT molecular complexity index is 366. The minimum Gasteiger partial charge on any atom is -0.406 e. The summed E-state index contributed by atoms with van der Waals surface area (Å²) in [5.74, 6) is -0.392. The van der Waals surface area contributed by atoms with E-state index in [2.05, 4.69) is 4.74 Å². The van der Waals surface area contributed by atoms with Crippen LogP contribution < -0.4 is 4.74 Å². The van der Waals surface area contributed by atoms with Crippen molar-refractivity contribution in [2.75, 3.05) is 0 Å². The second-order valence-corrected chi connectivity index (χ2v) is 2.65. The van der Waals surface area contributed by atoms with E-state index in [0.29, 0.717) is 0 Å². The molecule has 3 nitrogen and oxygen atoms in total. The SMILES string of the molecule is N#CC(O)c1ccc(OC(F)(F)F)cc1. The lowest BCUT2D eigenvalue weighted by Crippen LogP contribution is -2.17. The molecule has 0 aliphatic heterocycles. The van der Waals surface area contributed by atoms with Gasteiger partial charge in [0.25, 0.3) is 0 Å². The van der Waals surface area contributed by atoms with Crippen LogP contribution >= 0.6 is 0 Å².